The van der Waals surface area contributed by atoms with Crippen LogP contribution in [0.15, 0.2) is 194 Å². The van der Waals surface area contributed by atoms with Gasteiger partial charge in [0.05, 0.1) is 22.6 Å². The van der Waals surface area contributed by atoms with Crippen LogP contribution in [0.2, 0.25) is 0 Å². The quantitative estimate of drug-likeness (QED) is 0.183. The molecule has 0 radical (unpaired) electrons. The lowest BCUT2D eigenvalue weighted by molar-refractivity contribution is 0.984. The summed E-state index contributed by atoms with van der Waals surface area (Å²) in [5.74, 6) is 0.708. The fraction of sp³-hybridized carbons (Fsp3) is 0.0204. The van der Waals surface area contributed by atoms with Gasteiger partial charge in [-0.15, -0.1) is 0 Å². The van der Waals surface area contributed by atoms with E-state index in [1.54, 1.807) is 0 Å². The van der Waals surface area contributed by atoms with E-state index >= 15 is 0 Å². The van der Waals surface area contributed by atoms with Crippen molar-refractivity contribution in [3.8, 4) is 62.0 Å². The van der Waals surface area contributed by atoms with Gasteiger partial charge in [-0.2, -0.15) is 0 Å². The monoisotopic (exact) mass is 663 g/mol. The molecule has 2 aromatic heterocycles. The smallest absolute Gasteiger partial charge is 0.160 e. The fourth-order valence-electron chi connectivity index (χ4n) is 8.03. The Hall–Kier alpha value is -6.84. The third-order valence-corrected chi connectivity index (χ3v) is 10.3. The van der Waals surface area contributed by atoms with Gasteiger partial charge in [0, 0.05) is 44.8 Å². The van der Waals surface area contributed by atoms with E-state index in [0.29, 0.717) is 5.82 Å². The van der Waals surface area contributed by atoms with Crippen molar-refractivity contribution in [1.82, 2.24) is 14.5 Å². The highest BCUT2D eigenvalue weighted by Gasteiger charge is 2.32. The lowest BCUT2D eigenvalue weighted by Crippen LogP contribution is -2.06. The highest BCUT2D eigenvalue weighted by atomic mass is 15.0. The second kappa shape index (κ2) is 12.5. The van der Waals surface area contributed by atoms with Crippen LogP contribution in [0.1, 0.15) is 22.6 Å². The Balaban J connectivity index is 1.21. The molecule has 7 aromatic carbocycles. The molecule has 3 heteroatoms. The van der Waals surface area contributed by atoms with Crippen LogP contribution in [0.25, 0.3) is 72.9 Å². The number of fused-ring (bicyclic) bond motifs is 7. The van der Waals surface area contributed by atoms with E-state index in [-0.39, 0.29) is 5.92 Å². The summed E-state index contributed by atoms with van der Waals surface area (Å²) in [5.41, 5.74) is 16.1. The summed E-state index contributed by atoms with van der Waals surface area (Å²) in [4.78, 5) is 10.2. The first-order chi connectivity index (χ1) is 25.8. The normalized spacial score (nSPS) is 13.2. The summed E-state index contributed by atoms with van der Waals surface area (Å²) in [7, 11) is 0. The van der Waals surface area contributed by atoms with Gasteiger partial charge >= 0.3 is 0 Å². The molecule has 1 unspecified atom stereocenters. The number of hydrogen-bond acceptors (Lipinski definition) is 2. The van der Waals surface area contributed by atoms with Crippen molar-refractivity contribution in [2.45, 2.75) is 5.92 Å². The Bertz CT molecular complexity index is 2670. The van der Waals surface area contributed by atoms with Crippen LogP contribution in [0.5, 0.6) is 0 Å². The van der Waals surface area contributed by atoms with Gasteiger partial charge in [-0.3, -0.25) is 0 Å². The van der Waals surface area contributed by atoms with Crippen LogP contribution in [0.3, 0.4) is 0 Å². The van der Waals surface area contributed by atoms with Crippen LogP contribution in [-0.2, 0) is 0 Å². The Morgan fingerprint density at radius 3 is 1.73 bits per heavy atom. The highest BCUT2D eigenvalue weighted by molar-refractivity contribution is 6.08. The topological polar surface area (TPSA) is 30.7 Å². The Morgan fingerprint density at radius 1 is 0.423 bits per heavy atom. The van der Waals surface area contributed by atoms with Crippen molar-refractivity contribution in [2.75, 3.05) is 0 Å². The second-order valence-electron chi connectivity index (χ2n) is 13.3. The summed E-state index contributed by atoms with van der Waals surface area (Å²) in [6, 6.07) is 69.3. The molecular weight excluding hydrogens is 631 g/mol. The van der Waals surface area contributed by atoms with Gasteiger partial charge in [0.1, 0.15) is 0 Å². The molecule has 52 heavy (non-hydrogen) atoms. The molecule has 0 aliphatic heterocycles. The fourth-order valence-corrected chi connectivity index (χ4v) is 8.03. The van der Waals surface area contributed by atoms with Gasteiger partial charge in [-0.05, 0) is 52.6 Å². The van der Waals surface area contributed by atoms with Gasteiger partial charge in [0.2, 0.25) is 0 Å². The van der Waals surface area contributed by atoms with Crippen LogP contribution < -0.4 is 0 Å². The zero-order valence-electron chi connectivity index (χ0n) is 28.4. The molecule has 0 saturated carbocycles. The summed E-state index contributed by atoms with van der Waals surface area (Å²) < 4.78 is 2.45. The molecule has 0 amide bonds. The van der Waals surface area contributed by atoms with E-state index in [9.17, 15) is 0 Å². The zero-order valence-corrected chi connectivity index (χ0v) is 28.4. The van der Waals surface area contributed by atoms with Gasteiger partial charge in [-0.1, -0.05) is 164 Å². The standard InChI is InChI=1S/C49H33N3/c1-4-17-33(18-5-1)43-32-44(51-49(50-43)34-19-6-2-7-20-34)35-21-16-22-36(31-35)46-38-25-10-11-26-39(38)47-42-29-14-15-30-45(42)52(37-23-8-3-9-24-37)48(47)41-28-13-12-27-40(41)46/h1-32,46H. The van der Waals surface area contributed by atoms with E-state index in [1.807, 2.05) is 24.3 Å². The molecule has 0 saturated heterocycles. The SMILES string of the molecule is c1ccc(-c2cc(-c3cccc(C4c5ccccc5-c5c(n(-c6ccccc6)c6ccccc56)-c5ccccc54)c3)nc(-c3ccccc3)n2)cc1. The second-order valence-corrected chi connectivity index (χ2v) is 13.3. The molecule has 1 aliphatic carbocycles. The molecule has 1 atom stereocenters. The third kappa shape index (κ3) is 4.98. The van der Waals surface area contributed by atoms with Crippen LogP contribution in [0.4, 0.5) is 0 Å². The molecule has 10 rings (SSSR count). The number of para-hydroxylation sites is 2. The van der Waals surface area contributed by atoms with Gasteiger partial charge in [0.15, 0.2) is 5.82 Å². The molecule has 9 aromatic rings. The molecule has 0 N–H and O–H groups in total. The van der Waals surface area contributed by atoms with Crippen molar-refractivity contribution in [2.24, 2.45) is 0 Å². The molecule has 0 spiro atoms. The number of aromatic nitrogens is 3. The molecular formula is C49H33N3. The predicted octanol–water partition coefficient (Wildman–Crippen LogP) is 12.2. The first kappa shape index (κ1) is 30.0. The maximum Gasteiger partial charge on any atom is 0.160 e. The third-order valence-electron chi connectivity index (χ3n) is 10.3. The molecule has 1 aliphatic rings. The lowest BCUT2D eigenvalue weighted by Gasteiger charge is -2.22. The maximum atomic E-state index is 5.18. The van der Waals surface area contributed by atoms with E-state index in [1.165, 1.54) is 50.0 Å². The van der Waals surface area contributed by atoms with Gasteiger partial charge < -0.3 is 4.57 Å². The summed E-state index contributed by atoms with van der Waals surface area (Å²) in [6.07, 6.45) is 0. The van der Waals surface area contributed by atoms with E-state index in [4.69, 9.17) is 9.97 Å². The van der Waals surface area contributed by atoms with Crippen LogP contribution >= 0.6 is 0 Å². The lowest BCUT2D eigenvalue weighted by atomic mass is 9.81. The van der Waals surface area contributed by atoms with Crippen molar-refractivity contribution < 1.29 is 0 Å². The minimum absolute atomic E-state index is 0.00763. The zero-order chi connectivity index (χ0) is 34.4. The van der Waals surface area contributed by atoms with Crippen molar-refractivity contribution in [1.29, 1.82) is 0 Å². The van der Waals surface area contributed by atoms with E-state index < -0.39 is 0 Å². The van der Waals surface area contributed by atoms with Crippen LogP contribution in [-0.4, -0.2) is 14.5 Å². The van der Waals surface area contributed by atoms with Crippen molar-refractivity contribution >= 4 is 10.9 Å². The molecule has 2 heterocycles. The van der Waals surface area contributed by atoms with Crippen LogP contribution in [0, 0.1) is 0 Å². The Morgan fingerprint density at radius 2 is 0.981 bits per heavy atom. The summed E-state index contributed by atoms with van der Waals surface area (Å²) in [6.45, 7) is 0. The highest BCUT2D eigenvalue weighted by Crippen LogP contribution is 2.52. The summed E-state index contributed by atoms with van der Waals surface area (Å²) in [5, 5.41) is 1.25. The molecule has 3 nitrogen and oxygen atoms in total. The van der Waals surface area contributed by atoms with E-state index in [0.717, 1.165) is 33.8 Å². The predicted molar refractivity (Wildman–Crippen MR) is 213 cm³/mol. The number of hydrogen-bond donors (Lipinski definition) is 0. The first-order valence-electron chi connectivity index (χ1n) is 17.8. The van der Waals surface area contributed by atoms with Gasteiger partial charge in [-0.25, -0.2) is 9.97 Å². The molecule has 0 bridgehead atoms. The average molecular weight is 664 g/mol. The first-order valence-corrected chi connectivity index (χ1v) is 17.8. The number of nitrogens with zero attached hydrogens (tertiary/aromatic N) is 3. The largest absolute Gasteiger partial charge is 0.309 e. The average Bonchev–Trinajstić information content (AvgIpc) is 3.51. The molecule has 244 valence electrons. The molecule has 0 fully saturated rings. The number of benzene rings is 7. The Labute approximate surface area is 303 Å². The maximum absolute atomic E-state index is 5.18. The minimum atomic E-state index is -0.00763. The minimum Gasteiger partial charge on any atom is -0.309 e. The van der Waals surface area contributed by atoms with Crippen molar-refractivity contribution in [3.05, 3.63) is 211 Å². The van der Waals surface area contributed by atoms with E-state index in [2.05, 4.69) is 174 Å². The Kier molecular flexibility index (Phi) is 7.21. The summed E-state index contributed by atoms with van der Waals surface area (Å²) >= 11 is 0. The van der Waals surface area contributed by atoms with Crippen molar-refractivity contribution in [3.63, 3.8) is 0 Å². The number of rotatable bonds is 5. The van der Waals surface area contributed by atoms with Gasteiger partial charge in [0.25, 0.3) is 0 Å².